The lowest BCUT2D eigenvalue weighted by atomic mass is 10.1. The zero-order valence-electron chi connectivity index (χ0n) is 14.3. The predicted octanol–water partition coefficient (Wildman–Crippen LogP) is 4.32. The van der Waals surface area contributed by atoms with Crippen molar-refractivity contribution in [3.05, 3.63) is 53.9 Å². The molecule has 0 spiro atoms. The molecule has 1 saturated heterocycles. The van der Waals surface area contributed by atoms with Crippen molar-refractivity contribution in [3.8, 4) is 11.4 Å². The number of pyridine rings is 1. The van der Waals surface area contributed by atoms with Crippen LogP contribution < -0.4 is 10.2 Å². The van der Waals surface area contributed by atoms with Crippen LogP contribution in [-0.2, 0) is 0 Å². The van der Waals surface area contributed by atoms with Crippen LogP contribution in [-0.4, -0.2) is 33.0 Å². The van der Waals surface area contributed by atoms with E-state index >= 15 is 0 Å². The maximum atomic E-state index is 6.02. The van der Waals surface area contributed by atoms with E-state index in [0.717, 1.165) is 30.2 Å². The molecule has 6 nitrogen and oxygen atoms in total. The van der Waals surface area contributed by atoms with Crippen molar-refractivity contribution in [2.45, 2.75) is 19.3 Å². The maximum Gasteiger partial charge on any atom is 0.230 e. The summed E-state index contributed by atoms with van der Waals surface area (Å²) in [4.78, 5) is 19.9. The molecule has 26 heavy (non-hydrogen) atoms. The molecule has 4 rings (SSSR count). The number of aromatic nitrogens is 4. The Labute approximate surface area is 157 Å². The highest BCUT2D eigenvalue weighted by molar-refractivity contribution is 6.30. The first-order chi connectivity index (χ1) is 12.8. The first-order valence-corrected chi connectivity index (χ1v) is 9.09. The van der Waals surface area contributed by atoms with Crippen LogP contribution in [0.25, 0.3) is 11.4 Å². The van der Waals surface area contributed by atoms with Crippen LogP contribution in [0.2, 0.25) is 5.02 Å². The van der Waals surface area contributed by atoms with Gasteiger partial charge in [-0.05, 0) is 49.6 Å². The Kier molecular flexibility index (Phi) is 4.93. The molecule has 1 N–H and O–H groups in total. The predicted molar refractivity (Wildman–Crippen MR) is 104 cm³/mol. The second kappa shape index (κ2) is 7.66. The van der Waals surface area contributed by atoms with E-state index in [2.05, 4.69) is 30.2 Å². The molecule has 132 valence electrons. The highest BCUT2D eigenvalue weighted by Crippen LogP contribution is 2.24. The number of hydrogen-bond acceptors (Lipinski definition) is 6. The smallest absolute Gasteiger partial charge is 0.230 e. The summed E-state index contributed by atoms with van der Waals surface area (Å²) in [5.41, 5.74) is 1.76. The lowest BCUT2D eigenvalue weighted by molar-refractivity contribution is 0.573. The van der Waals surface area contributed by atoms with Gasteiger partial charge >= 0.3 is 0 Å². The third-order valence-corrected chi connectivity index (χ3v) is 4.57. The van der Waals surface area contributed by atoms with Gasteiger partial charge < -0.3 is 10.2 Å². The minimum atomic E-state index is 0.480. The highest BCUT2D eigenvalue weighted by atomic mass is 35.5. The Morgan fingerprint density at radius 2 is 1.85 bits per heavy atom. The van der Waals surface area contributed by atoms with Gasteiger partial charge in [0.2, 0.25) is 5.95 Å². The van der Waals surface area contributed by atoms with Crippen LogP contribution in [0, 0.1) is 0 Å². The van der Waals surface area contributed by atoms with Gasteiger partial charge in [-0.15, -0.1) is 0 Å². The zero-order chi connectivity index (χ0) is 17.8. The number of halogens is 1. The lowest BCUT2D eigenvalue weighted by Crippen LogP contribution is -2.30. The number of hydrogen-bond donors (Lipinski definition) is 1. The van der Waals surface area contributed by atoms with E-state index in [1.54, 1.807) is 0 Å². The average molecular weight is 367 g/mol. The van der Waals surface area contributed by atoms with Gasteiger partial charge in [-0.2, -0.15) is 4.98 Å². The molecule has 7 heteroatoms. The van der Waals surface area contributed by atoms with E-state index < -0.39 is 0 Å². The normalized spacial score (nSPS) is 14.3. The Bertz CT molecular complexity index is 894. The second-order valence-corrected chi connectivity index (χ2v) is 6.65. The Morgan fingerprint density at radius 3 is 2.69 bits per heavy atom. The van der Waals surface area contributed by atoms with Crippen LogP contribution in [0.3, 0.4) is 0 Å². The van der Waals surface area contributed by atoms with Gasteiger partial charge in [-0.3, -0.25) is 0 Å². The molecule has 0 aliphatic carbocycles. The van der Waals surface area contributed by atoms with Crippen molar-refractivity contribution in [3.63, 3.8) is 0 Å². The third-order valence-electron chi connectivity index (χ3n) is 4.34. The molecule has 2 aromatic heterocycles. The molecule has 0 bridgehead atoms. The topological polar surface area (TPSA) is 66.8 Å². The largest absolute Gasteiger partial charge is 0.357 e. The molecule has 3 heterocycles. The quantitative estimate of drug-likeness (QED) is 0.741. The van der Waals surface area contributed by atoms with Crippen LogP contribution in [0.5, 0.6) is 0 Å². The van der Waals surface area contributed by atoms with Crippen molar-refractivity contribution in [2.24, 2.45) is 0 Å². The van der Waals surface area contributed by atoms with Crippen molar-refractivity contribution in [2.75, 3.05) is 23.3 Å². The third kappa shape index (κ3) is 3.91. The summed E-state index contributed by atoms with van der Waals surface area (Å²) in [6.07, 6.45) is 7.04. The van der Waals surface area contributed by atoms with Crippen LogP contribution >= 0.6 is 11.6 Å². The minimum absolute atomic E-state index is 0.480. The van der Waals surface area contributed by atoms with Crippen LogP contribution in [0.4, 0.5) is 17.5 Å². The fraction of sp³-hybridized carbons (Fsp3) is 0.263. The van der Waals surface area contributed by atoms with Gasteiger partial charge in [0.1, 0.15) is 12.1 Å². The number of benzene rings is 1. The maximum absolute atomic E-state index is 6.02. The summed E-state index contributed by atoms with van der Waals surface area (Å²) in [5.74, 6) is 2.07. The number of piperidine rings is 1. The van der Waals surface area contributed by atoms with Gasteiger partial charge in [-0.25, -0.2) is 15.0 Å². The van der Waals surface area contributed by atoms with Gasteiger partial charge in [0, 0.05) is 35.6 Å². The molecular formula is C19H19ClN6. The molecule has 3 aromatic rings. The van der Waals surface area contributed by atoms with Gasteiger partial charge in [0.15, 0.2) is 5.82 Å². The van der Waals surface area contributed by atoms with Crippen molar-refractivity contribution in [1.82, 2.24) is 19.9 Å². The Morgan fingerprint density at radius 1 is 0.962 bits per heavy atom. The Hall–Kier alpha value is -2.73. The van der Waals surface area contributed by atoms with E-state index in [4.69, 9.17) is 11.6 Å². The molecule has 0 saturated carbocycles. The number of anilines is 3. The molecule has 0 amide bonds. The molecule has 1 aromatic carbocycles. The molecule has 1 aliphatic rings. The molecule has 0 radical (unpaired) electrons. The number of nitrogens with zero attached hydrogens (tertiary/aromatic N) is 5. The number of nitrogens with one attached hydrogen (secondary N) is 1. The monoisotopic (exact) mass is 366 g/mol. The van der Waals surface area contributed by atoms with Crippen LogP contribution in [0.15, 0.2) is 48.9 Å². The summed E-state index contributed by atoms with van der Waals surface area (Å²) in [6.45, 7) is 2.10. The van der Waals surface area contributed by atoms with Gasteiger partial charge in [0.05, 0.1) is 0 Å². The van der Waals surface area contributed by atoms with E-state index in [0.29, 0.717) is 16.8 Å². The van der Waals surface area contributed by atoms with Crippen molar-refractivity contribution >= 4 is 29.1 Å². The first-order valence-electron chi connectivity index (χ1n) is 8.71. The summed E-state index contributed by atoms with van der Waals surface area (Å²) in [5, 5.41) is 3.82. The van der Waals surface area contributed by atoms with Crippen LogP contribution in [0.1, 0.15) is 19.3 Å². The fourth-order valence-electron chi connectivity index (χ4n) is 3.04. The summed E-state index contributed by atoms with van der Waals surface area (Å²) in [6, 6.07) is 11.4. The summed E-state index contributed by atoms with van der Waals surface area (Å²) >= 11 is 6.02. The second-order valence-electron chi connectivity index (χ2n) is 6.22. The highest BCUT2D eigenvalue weighted by Gasteiger charge is 2.13. The fourth-order valence-corrected chi connectivity index (χ4v) is 3.23. The molecular weight excluding hydrogens is 348 g/mol. The Balaban J connectivity index is 1.58. The molecule has 0 unspecified atom stereocenters. The van der Waals surface area contributed by atoms with E-state index in [-0.39, 0.29) is 0 Å². The van der Waals surface area contributed by atoms with Gasteiger partial charge in [-0.1, -0.05) is 17.7 Å². The standard InChI is InChI=1S/C19H19ClN6/c20-15-5-4-6-16(12-15)24-19-23-13-22-18(25-19)14-7-8-21-17(11-14)26-9-2-1-3-10-26/h4-8,11-13H,1-3,9-10H2,(H,22,23,24,25). The molecule has 1 fully saturated rings. The average Bonchev–Trinajstić information content (AvgIpc) is 2.69. The van der Waals surface area contributed by atoms with E-state index in [9.17, 15) is 0 Å². The first kappa shape index (κ1) is 16.7. The minimum Gasteiger partial charge on any atom is -0.357 e. The molecule has 0 atom stereocenters. The molecule has 1 aliphatic heterocycles. The zero-order valence-corrected chi connectivity index (χ0v) is 15.0. The van der Waals surface area contributed by atoms with Gasteiger partial charge in [0.25, 0.3) is 0 Å². The number of rotatable bonds is 4. The lowest BCUT2D eigenvalue weighted by Gasteiger charge is -2.27. The SMILES string of the molecule is Clc1cccc(Nc2ncnc(-c3ccnc(N4CCCCC4)c3)n2)c1. The van der Waals surface area contributed by atoms with Crippen molar-refractivity contribution in [1.29, 1.82) is 0 Å². The van der Waals surface area contributed by atoms with E-state index in [1.165, 1.54) is 25.6 Å². The summed E-state index contributed by atoms with van der Waals surface area (Å²) < 4.78 is 0. The summed E-state index contributed by atoms with van der Waals surface area (Å²) in [7, 11) is 0. The van der Waals surface area contributed by atoms with Crippen molar-refractivity contribution < 1.29 is 0 Å². The van der Waals surface area contributed by atoms with E-state index in [1.807, 2.05) is 42.6 Å².